The van der Waals surface area contributed by atoms with E-state index in [2.05, 4.69) is 39.6 Å². The van der Waals surface area contributed by atoms with Crippen molar-refractivity contribution in [1.82, 2.24) is 15.3 Å². The number of nitrogens with zero attached hydrogens (tertiary/aromatic N) is 1. The quantitative estimate of drug-likeness (QED) is 0.837. The smallest absolute Gasteiger partial charge is 0.107 e. The van der Waals surface area contributed by atoms with Crippen LogP contribution in [0, 0.1) is 0 Å². The highest BCUT2D eigenvalue weighted by molar-refractivity contribution is 5.41. The molecule has 0 saturated heterocycles. The first-order valence-electron chi connectivity index (χ1n) is 6.12. The van der Waals surface area contributed by atoms with Gasteiger partial charge in [0, 0.05) is 30.8 Å². The third kappa shape index (κ3) is 1.87. The zero-order valence-corrected chi connectivity index (χ0v) is 9.98. The predicted molar refractivity (Wildman–Crippen MR) is 68.0 cm³/mol. The van der Waals surface area contributed by atoms with Gasteiger partial charge in [-0.05, 0) is 24.6 Å². The van der Waals surface area contributed by atoms with Gasteiger partial charge in [-0.15, -0.1) is 0 Å². The minimum Gasteiger partial charge on any atom is -0.349 e. The molecule has 3 nitrogen and oxygen atoms in total. The van der Waals surface area contributed by atoms with Crippen LogP contribution in [0.1, 0.15) is 22.9 Å². The summed E-state index contributed by atoms with van der Waals surface area (Å²) >= 11 is 0. The maximum Gasteiger partial charge on any atom is 0.107 e. The monoisotopic (exact) mass is 227 g/mol. The van der Waals surface area contributed by atoms with Crippen molar-refractivity contribution in [3.8, 4) is 0 Å². The van der Waals surface area contributed by atoms with Gasteiger partial charge < -0.3 is 10.3 Å². The molecule has 1 aliphatic carbocycles. The summed E-state index contributed by atoms with van der Waals surface area (Å²) in [4.78, 5) is 7.48. The van der Waals surface area contributed by atoms with E-state index in [9.17, 15) is 0 Å². The Balaban J connectivity index is 1.76. The maximum atomic E-state index is 4.31. The standard InChI is InChI=1S/C14H17N3/c1-15-13(9-14-16-6-7-17-14)12-8-10-4-2-3-5-11(10)12/h2-7,12-13,15H,8-9H2,1H3,(H,16,17). The topological polar surface area (TPSA) is 40.7 Å². The Kier molecular flexibility index (Phi) is 2.69. The fourth-order valence-electron chi connectivity index (χ4n) is 2.72. The number of aromatic amines is 1. The summed E-state index contributed by atoms with van der Waals surface area (Å²) < 4.78 is 0. The molecule has 17 heavy (non-hydrogen) atoms. The zero-order chi connectivity index (χ0) is 11.7. The number of likely N-dealkylation sites (N-methyl/N-ethyl adjacent to an activating group) is 1. The van der Waals surface area contributed by atoms with Gasteiger partial charge in [0.1, 0.15) is 5.82 Å². The Morgan fingerprint density at radius 3 is 3.06 bits per heavy atom. The van der Waals surface area contributed by atoms with E-state index in [1.807, 2.05) is 19.4 Å². The lowest BCUT2D eigenvalue weighted by Gasteiger charge is -2.36. The van der Waals surface area contributed by atoms with Crippen LogP contribution >= 0.6 is 0 Å². The SMILES string of the molecule is CNC(Cc1ncc[nH]1)C1Cc2ccccc21. The highest BCUT2D eigenvalue weighted by Crippen LogP contribution is 2.37. The average Bonchev–Trinajstić information content (AvgIpc) is 2.82. The first-order chi connectivity index (χ1) is 8.38. The molecule has 1 aromatic heterocycles. The fraction of sp³-hybridized carbons (Fsp3) is 0.357. The van der Waals surface area contributed by atoms with Gasteiger partial charge in [-0.3, -0.25) is 0 Å². The lowest BCUT2D eigenvalue weighted by Crippen LogP contribution is -2.39. The van der Waals surface area contributed by atoms with Gasteiger partial charge >= 0.3 is 0 Å². The molecule has 0 amide bonds. The van der Waals surface area contributed by atoms with Gasteiger partial charge in [-0.25, -0.2) is 4.98 Å². The third-order valence-electron chi connectivity index (χ3n) is 3.72. The Hall–Kier alpha value is -1.61. The fourth-order valence-corrected chi connectivity index (χ4v) is 2.72. The van der Waals surface area contributed by atoms with Gasteiger partial charge in [0.25, 0.3) is 0 Å². The lowest BCUT2D eigenvalue weighted by molar-refractivity contribution is 0.417. The van der Waals surface area contributed by atoms with E-state index >= 15 is 0 Å². The number of nitrogens with one attached hydrogen (secondary N) is 2. The van der Waals surface area contributed by atoms with E-state index in [1.54, 1.807) is 0 Å². The molecule has 0 spiro atoms. The van der Waals surface area contributed by atoms with Gasteiger partial charge in [0.15, 0.2) is 0 Å². The number of hydrogen-bond donors (Lipinski definition) is 2. The molecule has 2 N–H and O–H groups in total. The van der Waals surface area contributed by atoms with Crippen LogP contribution in [0.5, 0.6) is 0 Å². The summed E-state index contributed by atoms with van der Waals surface area (Å²) in [6.07, 6.45) is 5.85. The van der Waals surface area contributed by atoms with E-state index < -0.39 is 0 Å². The zero-order valence-electron chi connectivity index (χ0n) is 9.98. The number of H-pyrrole nitrogens is 1. The van der Waals surface area contributed by atoms with Crippen molar-refractivity contribution in [3.05, 3.63) is 53.6 Å². The Morgan fingerprint density at radius 2 is 2.35 bits per heavy atom. The molecular weight excluding hydrogens is 210 g/mol. The van der Waals surface area contributed by atoms with Crippen LogP contribution in [0.4, 0.5) is 0 Å². The molecule has 0 fully saturated rings. The van der Waals surface area contributed by atoms with Crippen molar-refractivity contribution in [2.24, 2.45) is 0 Å². The van der Waals surface area contributed by atoms with Gasteiger partial charge in [-0.2, -0.15) is 0 Å². The summed E-state index contributed by atoms with van der Waals surface area (Å²) in [6.45, 7) is 0. The molecule has 3 heteroatoms. The molecule has 2 aromatic rings. The van der Waals surface area contributed by atoms with Crippen LogP contribution in [-0.2, 0) is 12.8 Å². The second-order valence-electron chi connectivity index (χ2n) is 4.64. The van der Waals surface area contributed by atoms with E-state index in [0.29, 0.717) is 12.0 Å². The molecule has 0 aliphatic heterocycles. The van der Waals surface area contributed by atoms with Crippen molar-refractivity contribution in [1.29, 1.82) is 0 Å². The minimum absolute atomic E-state index is 0.469. The van der Waals surface area contributed by atoms with E-state index in [1.165, 1.54) is 17.5 Å². The summed E-state index contributed by atoms with van der Waals surface area (Å²) in [5.41, 5.74) is 3.00. The summed E-state index contributed by atoms with van der Waals surface area (Å²) in [5.74, 6) is 1.69. The highest BCUT2D eigenvalue weighted by Gasteiger charge is 2.32. The molecule has 1 heterocycles. The number of imidazole rings is 1. The number of hydrogen-bond acceptors (Lipinski definition) is 2. The van der Waals surface area contributed by atoms with Crippen molar-refractivity contribution >= 4 is 0 Å². The highest BCUT2D eigenvalue weighted by atomic mass is 14.9. The predicted octanol–water partition coefficient (Wildman–Crippen LogP) is 1.88. The molecule has 1 aliphatic rings. The first-order valence-corrected chi connectivity index (χ1v) is 6.12. The summed E-state index contributed by atoms with van der Waals surface area (Å²) in [5, 5.41) is 3.42. The molecule has 2 atom stereocenters. The summed E-state index contributed by atoms with van der Waals surface area (Å²) in [6, 6.07) is 9.19. The minimum atomic E-state index is 0.469. The van der Waals surface area contributed by atoms with Gasteiger partial charge in [-0.1, -0.05) is 24.3 Å². The molecule has 88 valence electrons. The number of fused-ring (bicyclic) bond motifs is 1. The Morgan fingerprint density at radius 1 is 1.47 bits per heavy atom. The normalized spacial score (nSPS) is 19.5. The second-order valence-corrected chi connectivity index (χ2v) is 4.64. The molecule has 3 rings (SSSR count). The van der Waals surface area contributed by atoms with Crippen LogP contribution in [0.15, 0.2) is 36.7 Å². The average molecular weight is 227 g/mol. The van der Waals surface area contributed by atoms with Crippen LogP contribution in [-0.4, -0.2) is 23.1 Å². The van der Waals surface area contributed by atoms with E-state index in [0.717, 1.165) is 12.2 Å². The largest absolute Gasteiger partial charge is 0.349 e. The first kappa shape index (κ1) is 10.5. The van der Waals surface area contributed by atoms with Crippen LogP contribution < -0.4 is 5.32 Å². The number of benzene rings is 1. The number of rotatable bonds is 4. The molecular formula is C14H17N3. The van der Waals surface area contributed by atoms with E-state index in [4.69, 9.17) is 0 Å². The van der Waals surface area contributed by atoms with Crippen LogP contribution in [0.25, 0.3) is 0 Å². The van der Waals surface area contributed by atoms with Crippen molar-refractivity contribution < 1.29 is 0 Å². The van der Waals surface area contributed by atoms with Crippen molar-refractivity contribution in [2.75, 3.05) is 7.05 Å². The Labute approximate surface area is 101 Å². The van der Waals surface area contributed by atoms with Crippen LogP contribution in [0.2, 0.25) is 0 Å². The summed E-state index contributed by atoms with van der Waals surface area (Å²) in [7, 11) is 2.04. The van der Waals surface area contributed by atoms with Crippen molar-refractivity contribution in [2.45, 2.75) is 24.8 Å². The second kappa shape index (κ2) is 4.34. The molecule has 2 unspecified atom stereocenters. The molecule has 0 saturated carbocycles. The molecule has 0 bridgehead atoms. The van der Waals surface area contributed by atoms with E-state index in [-0.39, 0.29) is 0 Å². The Bertz CT molecular complexity index is 490. The molecule has 1 aromatic carbocycles. The molecule has 0 radical (unpaired) electrons. The van der Waals surface area contributed by atoms with Gasteiger partial charge in [0.2, 0.25) is 0 Å². The van der Waals surface area contributed by atoms with Gasteiger partial charge in [0.05, 0.1) is 0 Å². The number of aromatic nitrogens is 2. The third-order valence-corrected chi connectivity index (χ3v) is 3.72. The maximum absolute atomic E-state index is 4.31. The van der Waals surface area contributed by atoms with Crippen LogP contribution in [0.3, 0.4) is 0 Å². The van der Waals surface area contributed by atoms with Crippen molar-refractivity contribution in [3.63, 3.8) is 0 Å². The lowest BCUT2D eigenvalue weighted by atomic mass is 9.72.